The molecule has 1 N–H and O–H groups in total. The van der Waals surface area contributed by atoms with Gasteiger partial charge in [-0.3, -0.25) is 9.67 Å². The molecule has 0 bridgehead atoms. The molecular formula is C22H31N5. The van der Waals surface area contributed by atoms with Gasteiger partial charge in [-0.2, -0.15) is 5.10 Å². The van der Waals surface area contributed by atoms with Crippen LogP contribution in [0.25, 0.3) is 5.57 Å². The van der Waals surface area contributed by atoms with Gasteiger partial charge in [-0.15, -0.1) is 0 Å². The molecule has 0 saturated carbocycles. The van der Waals surface area contributed by atoms with Crippen molar-refractivity contribution in [2.24, 2.45) is 12.0 Å². The van der Waals surface area contributed by atoms with Crippen LogP contribution >= 0.6 is 0 Å². The van der Waals surface area contributed by atoms with Crippen LogP contribution in [-0.4, -0.2) is 46.8 Å². The molecule has 0 radical (unpaired) electrons. The second-order valence-electron chi connectivity index (χ2n) is 7.05. The number of guanidine groups is 1. The van der Waals surface area contributed by atoms with Crippen LogP contribution in [0, 0.1) is 13.8 Å². The molecule has 0 spiro atoms. The molecule has 3 rings (SSSR count). The molecule has 0 saturated heterocycles. The second kappa shape index (κ2) is 8.89. The Kier molecular flexibility index (Phi) is 6.32. The molecule has 1 aliphatic rings. The highest BCUT2D eigenvalue weighted by Crippen LogP contribution is 2.22. The average molecular weight is 366 g/mol. The summed E-state index contributed by atoms with van der Waals surface area (Å²) in [6, 6.07) is 10.7. The number of aryl methyl sites for hydroxylation is 2. The molecule has 0 aliphatic carbocycles. The fourth-order valence-electron chi connectivity index (χ4n) is 3.65. The summed E-state index contributed by atoms with van der Waals surface area (Å²) >= 11 is 0. The van der Waals surface area contributed by atoms with E-state index in [4.69, 9.17) is 4.99 Å². The standard InChI is InChI=1S/C22H31N5/c1-5-23-22(24-14-11-21-17(2)25-26(4)18(21)3)27-15-12-20(13-16-27)19-9-7-6-8-10-19/h6-10,12H,5,11,13-16H2,1-4H3,(H,23,24). The highest BCUT2D eigenvalue weighted by molar-refractivity contribution is 5.81. The molecule has 1 aliphatic heterocycles. The van der Waals surface area contributed by atoms with E-state index >= 15 is 0 Å². The van der Waals surface area contributed by atoms with Gasteiger partial charge in [0.15, 0.2) is 5.96 Å². The minimum absolute atomic E-state index is 0.779. The van der Waals surface area contributed by atoms with Gasteiger partial charge in [0.05, 0.1) is 5.69 Å². The summed E-state index contributed by atoms with van der Waals surface area (Å²) in [4.78, 5) is 7.23. The van der Waals surface area contributed by atoms with Crippen LogP contribution in [-0.2, 0) is 13.5 Å². The normalized spacial score (nSPS) is 15.0. The minimum Gasteiger partial charge on any atom is -0.357 e. The fourth-order valence-corrected chi connectivity index (χ4v) is 3.65. The lowest BCUT2D eigenvalue weighted by Gasteiger charge is -2.30. The smallest absolute Gasteiger partial charge is 0.194 e. The van der Waals surface area contributed by atoms with Crippen molar-refractivity contribution >= 4 is 11.5 Å². The van der Waals surface area contributed by atoms with Gasteiger partial charge in [0.1, 0.15) is 0 Å². The van der Waals surface area contributed by atoms with Crippen molar-refractivity contribution in [3.63, 3.8) is 0 Å². The largest absolute Gasteiger partial charge is 0.357 e. The summed E-state index contributed by atoms with van der Waals surface area (Å²) in [6.07, 6.45) is 4.32. The number of aromatic nitrogens is 2. The summed E-state index contributed by atoms with van der Waals surface area (Å²) in [5, 5.41) is 7.96. The van der Waals surface area contributed by atoms with E-state index in [1.165, 1.54) is 22.4 Å². The molecule has 0 unspecified atom stereocenters. The van der Waals surface area contributed by atoms with Crippen molar-refractivity contribution in [2.75, 3.05) is 26.2 Å². The van der Waals surface area contributed by atoms with Gasteiger partial charge in [-0.05, 0) is 50.3 Å². The molecule has 1 aromatic heterocycles. The Morgan fingerprint density at radius 3 is 2.59 bits per heavy atom. The second-order valence-corrected chi connectivity index (χ2v) is 7.05. The van der Waals surface area contributed by atoms with Crippen LogP contribution < -0.4 is 5.32 Å². The highest BCUT2D eigenvalue weighted by Gasteiger charge is 2.16. The predicted molar refractivity (Wildman–Crippen MR) is 113 cm³/mol. The molecule has 2 aromatic rings. The van der Waals surface area contributed by atoms with Crippen molar-refractivity contribution in [2.45, 2.75) is 33.6 Å². The van der Waals surface area contributed by atoms with Gasteiger partial charge in [-0.25, -0.2) is 0 Å². The van der Waals surface area contributed by atoms with Crippen molar-refractivity contribution in [3.05, 3.63) is 58.9 Å². The first-order valence-electron chi connectivity index (χ1n) is 9.87. The van der Waals surface area contributed by atoms with Gasteiger partial charge in [0, 0.05) is 38.9 Å². The maximum Gasteiger partial charge on any atom is 0.194 e. The first-order valence-corrected chi connectivity index (χ1v) is 9.87. The quantitative estimate of drug-likeness (QED) is 0.653. The van der Waals surface area contributed by atoms with Gasteiger partial charge in [0.25, 0.3) is 0 Å². The number of hydrogen-bond donors (Lipinski definition) is 1. The van der Waals surface area contributed by atoms with Crippen LogP contribution in [0.2, 0.25) is 0 Å². The number of benzene rings is 1. The van der Waals surface area contributed by atoms with E-state index in [1.807, 2.05) is 11.7 Å². The minimum atomic E-state index is 0.779. The Balaban J connectivity index is 1.65. The van der Waals surface area contributed by atoms with Crippen LogP contribution in [0.3, 0.4) is 0 Å². The summed E-state index contributed by atoms with van der Waals surface area (Å²) in [5.41, 5.74) is 6.44. The summed E-state index contributed by atoms with van der Waals surface area (Å²) < 4.78 is 1.96. The lowest BCUT2D eigenvalue weighted by atomic mass is 10.00. The molecule has 0 fully saturated rings. The van der Waals surface area contributed by atoms with Crippen LogP contribution in [0.5, 0.6) is 0 Å². The van der Waals surface area contributed by atoms with E-state index in [0.717, 1.165) is 50.7 Å². The molecule has 5 nitrogen and oxygen atoms in total. The van der Waals surface area contributed by atoms with Crippen molar-refractivity contribution in [3.8, 4) is 0 Å². The van der Waals surface area contributed by atoms with E-state index in [0.29, 0.717) is 0 Å². The number of nitrogens with one attached hydrogen (secondary N) is 1. The monoisotopic (exact) mass is 365 g/mol. The zero-order valence-electron chi connectivity index (χ0n) is 17.0. The van der Waals surface area contributed by atoms with Gasteiger partial charge in [0.2, 0.25) is 0 Å². The van der Waals surface area contributed by atoms with Crippen molar-refractivity contribution in [1.29, 1.82) is 0 Å². The van der Waals surface area contributed by atoms with Crippen LogP contribution in [0.15, 0.2) is 41.4 Å². The van der Waals surface area contributed by atoms with E-state index in [-0.39, 0.29) is 0 Å². The first kappa shape index (κ1) is 19.2. The Morgan fingerprint density at radius 2 is 2.00 bits per heavy atom. The van der Waals surface area contributed by atoms with Crippen molar-refractivity contribution < 1.29 is 0 Å². The summed E-state index contributed by atoms with van der Waals surface area (Å²) in [7, 11) is 2.00. The van der Waals surface area contributed by atoms with Crippen molar-refractivity contribution in [1.82, 2.24) is 20.0 Å². The van der Waals surface area contributed by atoms with Crippen LogP contribution in [0.1, 0.15) is 35.9 Å². The van der Waals surface area contributed by atoms with Gasteiger partial charge >= 0.3 is 0 Å². The third-order valence-corrected chi connectivity index (χ3v) is 5.27. The Labute approximate surface area is 162 Å². The number of hydrogen-bond acceptors (Lipinski definition) is 2. The number of rotatable bonds is 5. The van der Waals surface area contributed by atoms with E-state index < -0.39 is 0 Å². The molecule has 27 heavy (non-hydrogen) atoms. The molecule has 1 aromatic carbocycles. The highest BCUT2D eigenvalue weighted by atomic mass is 15.3. The van der Waals surface area contributed by atoms with E-state index in [2.05, 4.69) is 72.5 Å². The zero-order chi connectivity index (χ0) is 19.2. The maximum atomic E-state index is 4.89. The Hall–Kier alpha value is -2.56. The topological polar surface area (TPSA) is 45.5 Å². The number of nitrogens with zero attached hydrogens (tertiary/aromatic N) is 4. The molecule has 0 amide bonds. The summed E-state index contributed by atoms with van der Waals surface area (Å²) in [5.74, 6) is 1.01. The molecule has 2 heterocycles. The third-order valence-electron chi connectivity index (χ3n) is 5.27. The molecule has 5 heteroatoms. The van der Waals surface area contributed by atoms with Crippen LogP contribution in [0.4, 0.5) is 0 Å². The Morgan fingerprint density at radius 1 is 1.22 bits per heavy atom. The predicted octanol–water partition coefficient (Wildman–Crippen LogP) is 3.33. The molecule has 0 atom stereocenters. The number of aliphatic imine (C=N–C) groups is 1. The molecule has 144 valence electrons. The Bertz CT molecular complexity index is 817. The van der Waals surface area contributed by atoms with Gasteiger partial charge < -0.3 is 10.2 Å². The fraction of sp³-hybridized carbons (Fsp3) is 0.455. The average Bonchev–Trinajstić information content (AvgIpc) is 2.94. The summed E-state index contributed by atoms with van der Waals surface area (Å²) in [6.45, 7) is 9.90. The maximum absolute atomic E-state index is 4.89. The van der Waals surface area contributed by atoms with Gasteiger partial charge in [-0.1, -0.05) is 36.4 Å². The zero-order valence-corrected chi connectivity index (χ0v) is 17.0. The SMILES string of the molecule is CCNC(=NCCc1c(C)nn(C)c1C)N1CC=C(c2ccccc2)CC1. The molecular weight excluding hydrogens is 334 g/mol. The lowest BCUT2D eigenvalue weighted by Crippen LogP contribution is -2.43. The van der Waals surface area contributed by atoms with E-state index in [9.17, 15) is 0 Å². The third kappa shape index (κ3) is 4.59. The lowest BCUT2D eigenvalue weighted by molar-refractivity contribution is 0.440. The van der Waals surface area contributed by atoms with E-state index in [1.54, 1.807) is 0 Å². The first-order chi connectivity index (χ1) is 13.1.